The lowest BCUT2D eigenvalue weighted by atomic mass is 9.98. The molecule has 3 unspecified atom stereocenters. The molecule has 2 aromatic rings. The number of hydrogen-bond donors (Lipinski definition) is 1. The maximum Gasteiger partial charge on any atom is 0.287 e. The number of amides is 1. The predicted molar refractivity (Wildman–Crippen MR) is 113 cm³/mol. The van der Waals surface area contributed by atoms with Crippen molar-refractivity contribution in [3.8, 4) is 5.75 Å². The van der Waals surface area contributed by atoms with Crippen molar-refractivity contribution in [1.82, 2.24) is 10.2 Å². The zero-order valence-corrected chi connectivity index (χ0v) is 17.7. The quantitative estimate of drug-likeness (QED) is 0.735. The Morgan fingerprint density at radius 2 is 1.86 bits per heavy atom. The molecule has 5 nitrogen and oxygen atoms in total. The fourth-order valence-electron chi connectivity index (χ4n) is 4.65. The molecule has 0 spiro atoms. The summed E-state index contributed by atoms with van der Waals surface area (Å²) < 4.78 is 11.6. The first-order valence-corrected chi connectivity index (χ1v) is 10.9. The van der Waals surface area contributed by atoms with Gasteiger partial charge in [-0.2, -0.15) is 0 Å². The van der Waals surface area contributed by atoms with Crippen molar-refractivity contribution in [2.24, 2.45) is 0 Å². The number of carbonyl (C=O) groups is 1. The van der Waals surface area contributed by atoms with E-state index in [0.29, 0.717) is 36.1 Å². The van der Waals surface area contributed by atoms with Gasteiger partial charge < -0.3 is 19.4 Å². The largest absolute Gasteiger partial charge is 0.486 e. The zero-order valence-electron chi connectivity index (χ0n) is 17.7. The molecule has 1 aromatic carbocycles. The molecule has 0 radical (unpaired) electrons. The molecule has 2 fully saturated rings. The second kappa shape index (κ2) is 8.62. The molecule has 2 bridgehead atoms. The first kappa shape index (κ1) is 20.0. The summed E-state index contributed by atoms with van der Waals surface area (Å²) in [6, 6.07) is 13.2. The van der Waals surface area contributed by atoms with E-state index < -0.39 is 0 Å². The zero-order chi connectivity index (χ0) is 20.4. The summed E-state index contributed by atoms with van der Waals surface area (Å²) in [7, 11) is 2.21. The maximum absolute atomic E-state index is 12.6. The Morgan fingerprint density at radius 1 is 1.17 bits per heavy atom. The molecule has 4 rings (SSSR count). The van der Waals surface area contributed by atoms with Gasteiger partial charge in [0, 0.05) is 18.1 Å². The highest BCUT2D eigenvalue weighted by Crippen LogP contribution is 2.34. The summed E-state index contributed by atoms with van der Waals surface area (Å²) >= 11 is 0. The summed E-state index contributed by atoms with van der Waals surface area (Å²) in [5, 5.41) is 3.17. The third-order valence-corrected chi connectivity index (χ3v) is 6.76. The number of benzene rings is 1. The molecule has 5 heteroatoms. The lowest BCUT2D eigenvalue weighted by Gasteiger charge is -2.36. The van der Waals surface area contributed by atoms with Gasteiger partial charge in [-0.15, -0.1) is 0 Å². The van der Waals surface area contributed by atoms with E-state index in [-0.39, 0.29) is 11.9 Å². The lowest BCUT2D eigenvalue weighted by Crippen LogP contribution is -2.48. The molecular formula is C24H32N2O3. The first-order valence-electron chi connectivity index (χ1n) is 10.9. The molecule has 0 aliphatic carbocycles. The average Bonchev–Trinajstić information content (AvgIpc) is 3.28. The van der Waals surface area contributed by atoms with Gasteiger partial charge in [-0.25, -0.2) is 0 Å². The Bertz CT molecular complexity index is 815. The highest BCUT2D eigenvalue weighted by molar-refractivity contribution is 5.91. The fourth-order valence-corrected chi connectivity index (χ4v) is 4.65. The smallest absolute Gasteiger partial charge is 0.287 e. The molecule has 3 atom stereocenters. The molecule has 3 heterocycles. The summed E-state index contributed by atoms with van der Waals surface area (Å²) in [5.41, 5.74) is 1.32. The van der Waals surface area contributed by atoms with E-state index >= 15 is 0 Å². The van der Waals surface area contributed by atoms with Crippen LogP contribution in [0.2, 0.25) is 0 Å². The fraction of sp³-hybridized carbons (Fsp3) is 0.542. The number of nitrogens with zero attached hydrogens (tertiary/aromatic N) is 1. The number of carbonyl (C=O) groups excluding carboxylic acids is 1. The third kappa shape index (κ3) is 4.50. The van der Waals surface area contributed by atoms with Gasteiger partial charge >= 0.3 is 0 Å². The van der Waals surface area contributed by atoms with Crippen LogP contribution < -0.4 is 10.1 Å². The van der Waals surface area contributed by atoms with E-state index in [0.717, 1.165) is 25.0 Å². The van der Waals surface area contributed by atoms with Gasteiger partial charge in [0.25, 0.3) is 5.91 Å². The number of fused-ring (bicyclic) bond motifs is 2. The van der Waals surface area contributed by atoms with E-state index in [1.807, 2.05) is 18.2 Å². The van der Waals surface area contributed by atoms with Crippen LogP contribution in [0.5, 0.6) is 5.75 Å². The van der Waals surface area contributed by atoms with Crippen molar-refractivity contribution < 1.29 is 13.9 Å². The average molecular weight is 397 g/mol. The molecule has 1 amide bonds. The molecule has 2 aliphatic heterocycles. The van der Waals surface area contributed by atoms with Crippen LogP contribution in [0.25, 0.3) is 0 Å². The Morgan fingerprint density at radius 3 is 2.52 bits per heavy atom. The van der Waals surface area contributed by atoms with Gasteiger partial charge in [0.15, 0.2) is 5.76 Å². The summed E-state index contributed by atoms with van der Waals surface area (Å²) in [6.07, 6.45) is 5.67. The van der Waals surface area contributed by atoms with Gasteiger partial charge in [-0.05, 0) is 74.9 Å². The second-order valence-electron chi connectivity index (χ2n) is 8.63. The normalized spacial score (nSPS) is 25.0. The van der Waals surface area contributed by atoms with Crippen LogP contribution in [0.1, 0.15) is 73.7 Å². The van der Waals surface area contributed by atoms with Gasteiger partial charge in [-0.3, -0.25) is 4.79 Å². The minimum atomic E-state index is -0.122. The number of nitrogens with one attached hydrogen (secondary N) is 1. The molecule has 1 N–H and O–H groups in total. The Balaban J connectivity index is 1.28. The topological polar surface area (TPSA) is 54.7 Å². The minimum Gasteiger partial charge on any atom is -0.486 e. The van der Waals surface area contributed by atoms with E-state index in [9.17, 15) is 4.79 Å². The van der Waals surface area contributed by atoms with E-state index in [4.69, 9.17) is 9.15 Å². The molecule has 156 valence electrons. The van der Waals surface area contributed by atoms with Gasteiger partial charge in [-0.1, -0.05) is 26.0 Å². The highest BCUT2D eigenvalue weighted by atomic mass is 16.5. The van der Waals surface area contributed by atoms with Crippen molar-refractivity contribution >= 4 is 5.91 Å². The number of piperidine rings is 1. The maximum atomic E-state index is 12.6. The van der Waals surface area contributed by atoms with Crippen LogP contribution in [0, 0.1) is 0 Å². The second-order valence-corrected chi connectivity index (χ2v) is 8.63. The van der Waals surface area contributed by atoms with E-state index in [2.05, 4.69) is 43.2 Å². The van der Waals surface area contributed by atoms with Crippen molar-refractivity contribution in [1.29, 1.82) is 0 Å². The molecule has 29 heavy (non-hydrogen) atoms. The number of rotatable bonds is 7. The lowest BCUT2D eigenvalue weighted by molar-refractivity contribution is 0.0851. The molecule has 2 aliphatic rings. The minimum absolute atomic E-state index is 0.122. The summed E-state index contributed by atoms with van der Waals surface area (Å²) in [6.45, 7) is 4.73. The monoisotopic (exact) mass is 396 g/mol. The van der Waals surface area contributed by atoms with E-state index in [1.54, 1.807) is 6.07 Å². The summed E-state index contributed by atoms with van der Waals surface area (Å²) in [5.74, 6) is 2.26. The highest BCUT2D eigenvalue weighted by Gasteiger charge is 2.39. The third-order valence-electron chi connectivity index (χ3n) is 6.76. The predicted octanol–water partition coefficient (Wildman–Crippen LogP) is 4.73. The number of furan rings is 1. The van der Waals surface area contributed by atoms with Crippen LogP contribution in [0.15, 0.2) is 40.8 Å². The first-order chi connectivity index (χ1) is 14.0. The number of hydrogen-bond acceptors (Lipinski definition) is 4. The van der Waals surface area contributed by atoms with Crippen LogP contribution in [-0.2, 0) is 6.61 Å². The summed E-state index contributed by atoms with van der Waals surface area (Å²) in [4.78, 5) is 15.1. The van der Waals surface area contributed by atoms with Crippen molar-refractivity contribution in [2.45, 2.75) is 76.6 Å². The molecule has 2 saturated heterocycles. The Kier molecular flexibility index (Phi) is 5.95. The molecule has 1 aromatic heterocycles. The SMILES string of the molecule is CCC(C)c1ccc(OCc2ccc(C(=O)NC3CC4CCC(C3)N4C)o2)cc1. The van der Waals surface area contributed by atoms with Gasteiger partial charge in [0.05, 0.1) is 0 Å². The van der Waals surface area contributed by atoms with Gasteiger partial charge in [0.2, 0.25) is 0 Å². The Labute approximate surface area is 173 Å². The van der Waals surface area contributed by atoms with Crippen LogP contribution >= 0.6 is 0 Å². The van der Waals surface area contributed by atoms with Crippen LogP contribution in [0.4, 0.5) is 0 Å². The van der Waals surface area contributed by atoms with E-state index in [1.165, 1.54) is 18.4 Å². The standard InChI is InChI=1S/C24H32N2O3/c1-4-16(2)17-5-9-21(10-6-17)28-15-22-11-12-23(29-22)24(27)25-18-13-19-7-8-20(14-18)26(19)3/h5-6,9-12,16,18-20H,4,7-8,13-15H2,1-3H3,(H,25,27). The van der Waals surface area contributed by atoms with Crippen LogP contribution in [0.3, 0.4) is 0 Å². The van der Waals surface area contributed by atoms with Crippen molar-refractivity contribution in [3.05, 3.63) is 53.5 Å². The number of ether oxygens (including phenoxy) is 1. The Hall–Kier alpha value is -2.27. The molecular weight excluding hydrogens is 364 g/mol. The molecule has 0 saturated carbocycles. The van der Waals surface area contributed by atoms with Crippen molar-refractivity contribution in [2.75, 3.05) is 7.05 Å². The van der Waals surface area contributed by atoms with Crippen molar-refractivity contribution in [3.63, 3.8) is 0 Å². The van der Waals surface area contributed by atoms with Crippen LogP contribution in [-0.4, -0.2) is 36.0 Å². The van der Waals surface area contributed by atoms with Gasteiger partial charge in [0.1, 0.15) is 18.1 Å².